The fourth-order valence-corrected chi connectivity index (χ4v) is 3.65. The number of aromatic carboxylic acids is 1. The second-order valence-electron chi connectivity index (χ2n) is 7.71. The molecule has 3 heterocycles. The van der Waals surface area contributed by atoms with Gasteiger partial charge in [0, 0.05) is 31.4 Å². The summed E-state index contributed by atoms with van der Waals surface area (Å²) in [6, 6.07) is 0.319. The van der Waals surface area contributed by atoms with Gasteiger partial charge in [-0.15, -0.1) is 0 Å². The number of hydrogen-bond acceptors (Lipinski definition) is 6. The van der Waals surface area contributed by atoms with Crippen LogP contribution in [0.25, 0.3) is 11.0 Å². The van der Waals surface area contributed by atoms with Gasteiger partial charge < -0.3 is 25.6 Å². The highest BCUT2D eigenvalue weighted by molar-refractivity contribution is 5.92. The fourth-order valence-electron chi connectivity index (χ4n) is 3.65. The highest BCUT2D eigenvalue weighted by Gasteiger charge is 2.31. The number of hydrogen-bond donors (Lipinski definition) is 3. The summed E-state index contributed by atoms with van der Waals surface area (Å²) in [5.41, 5.74) is 4.72. The lowest BCUT2D eigenvalue weighted by Crippen LogP contribution is -2.45. The summed E-state index contributed by atoms with van der Waals surface area (Å²) < 4.78 is 16.5. The number of carbonyl (C=O) groups excluding carboxylic acids is 1. The van der Waals surface area contributed by atoms with E-state index in [4.69, 9.17) is 5.73 Å². The lowest BCUT2D eigenvalue weighted by atomic mass is 10.2. The van der Waals surface area contributed by atoms with Crippen molar-refractivity contribution < 1.29 is 19.1 Å². The first-order valence-electron chi connectivity index (χ1n) is 9.56. The van der Waals surface area contributed by atoms with Crippen molar-refractivity contribution in [3.63, 3.8) is 0 Å². The number of aromatic nitrogens is 2. The van der Waals surface area contributed by atoms with Crippen LogP contribution in [0.3, 0.4) is 0 Å². The Morgan fingerprint density at radius 3 is 2.72 bits per heavy atom. The van der Waals surface area contributed by atoms with Crippen molar-refractivity contribution in [2.45, 2.75) is 44.3 Å². The molecular weight excluding hydrogens is 381 g/mol. The lowest BCUT2D eigenvalue weighted by molar-refractivity contribution is -0.122. The molecule has 2 aromatic rings. The number of carboxylic acids is 1. The number of fused-ring (bicyclic) bond motifs is 1. The minimum Gasteiger partial charge on any atom is -0.477 e. The Bertz CT molecular complexity index is 1060. The standard InChI is InChI=1S/C19H22FN5O4/c1-9(21)18(27)22-10-4-5-24(7-10)17-14(20)6-12-15(26)13(19(28)29)8-25(11-2-3-11)16(12)23-17/h6,8-11H,2-5,7,21H2,1H3,(H,22,27)(H,28,29)/t9-,10+/m1/s1. The number of rotatable bonds is 5. The Balaban J connectivity index is 1.72. The average Bonchev–Trinajstić information content (AvgIpc) is 3.40. The SMILES string of the molecule is C[C@@H](N)C(=O)N[C@H]1CCN(c2nc3c(cc2F)c(=O)c(C(=O)O)cn3C2CC2)C1. The van der Waals surface area contributed by atoms with Crippen LogP contribution in [0.5, 0.6) is 0 Å². The molecule has 154 valence electrons. The number of halogens is 1. The maximum Gasteiger partial charge on any atom is 0.341 e. The van der Waals surface area contributed by atoms with Gasteiger partial charge in [-0.25, -0.2) is 14.2 Å². The first-order valence-corrected chi connectivity index (χ1v) is 9.56. The molecule has 0 bridgehead atoms. The minimum absolute atomic E-state index is 0.0425. The van der Waals surface area contributed by atoms with E-state index in [0.717, 1.165) is 18.9 Å². The summed E-state index contributed by atoms with van der Waals surface area (Å²) in [4.78, 5) is 41.9. The summed E-state index contributed by atoms with van der Waals surface area (Å²) >= 11 is 0. The quantitative estimate of drug-likeness (QED) is 0.667. The Morgan fingerprint density at radius 1 is 1.38 bits per heavy atom. The number of nitrogens with one attached hydrogen (secondary N) is 1. The molecule has 2 aromatic heterocycles. The third-order valence-corrected chi connectivity index (χ3v) is 5.36. The second kappa shape index (κ2) is 7.11. The Hall–Kier alpha value is -3.01. The first-order chi connectivity index (χ1) is 13.8. The van der Waals surface area contributed by atoms with E-state index >= 15 is 0 Å². The van der Waals surface area contributed by atoms with Crippen LogP contribution in [0.1, 0.15) is 42.6 Å². The van der Waals surface area contributed by atoms with Crippen molar-refractivity contribution in [1.82, 2.24) is 14.9 Å². The molecule has 1 saturated heterocycles. The molecule has 29 heavy (non-hydrogen) atoms. The number of anilines is 1. The molecule has 1 aliphatic heterocycles. The monoisotopic (exact) mass is 403 g/mol. The van der Waals surface area contributed by atoms with Crippen LogP contribution in [-0.4, -0.2) is 51.7 Å². The van der Waals surface area contributed by atoms with E-state index in [-0.39, 0.29) is 34.8 Å². The third-order valence-electron chi connectivity index (χ3n) is 5.36. The molecule has 1 amide bonds. The van der Waals surface area contributed by atoms with Gasteiger partial charge in [-0.1, -0.05) is 0 Å². The Labute approximate surface area is 165 Å². The van der Waals surface area contributed by atoms with E-state index in [9.17, 15) is 23.9 Å². The Kier molecular flexibility index (Phi) is 4.73. The average molecular weight is 403 g/mol. The van der Waals surface area contributed by atoms with Crippen LogP contribution in [0.4, 0.5) is 10.2 Å². The van der Waals surface area contributed by atoms with Crippen LogP contribution >= 0.6 is 0 Å². The topological polar surface area (TPSA) is 131 Å². The zero-order valence-electron chi connectivity index (χ0n) is 15.9. The fraction of sp³-hybridized carbons (Fsp3) is 0.474. The minimum atomic E-state index is -1.34. The Morgan fingerprint density at radius 2 is 2.10 bits per heavy atom. The summed E-state index contributed by atoms with van der Waals surface area (Å²) in [7, 11) is 0. The zero-order chi connectivity index (χ0) is 20.9. The largest absolute Gasteiger partial charge is 0.477 e. The van der Waals surface area contributed by atoms with Gasteiger partial charge in [0.25, 0.3) is 0 Å². The molecule has 2 atom stereocenters. The number of pyridine rings is 2. The van der Waals surface area contributed by atoms with Crippen molar-refractivity contribution in [3.8, 4) is 0 Å². The summed E-state index contributed by atoms with van der Waals surface area (Å²) in [5.74, 6) is -2.22. The van der Waals surface area contributed by atoms with Crippen molar-refractivity contribution >= 4 is 28.7 Å². The van der Waals surface area contributed by atoms with Gasteiger partial charge in [-0.3, -0.25) is 9.59 Å². The maximum absolute atomic E-state index is 14.8. The molecule has 0 aromatic carbocycles. The molecule has 0 spiro atoms. The highest BCUT2D eigenvalue weighted by atomic mass is 19.1. The van der Waals surface area contributed by atoms with Gasteiger partial charge in [0.1, 0.15) is 11.2 Å². The lowest BCUT2D eigenvalue weighted by Gasteiger charge is -2.20. The number of amides is 1. The highest BCUT2D eigenvalue weighted by Crippen LogP contribution is 2.37. The second-order valence-corrected chi connectivity index (χ2v) is 7.71. The first kappa shape index (κ1) is 19.3. The van der Waals surface area contributed by atoms with Crippen LogP contribution in [0, 0.1) is 5.82 Å². The van der Waals surface area contributed by atoms with E-state index in [1.807, 2.05) is 0 Å². The third kappa shape index (κ3) is 3.55. The normalized spacial score (nSPS) is 20.1. The number of nitrogens with two attached hydrogens (primary N) is 1. The van der Waals surface area contributed by atoms with Gasteiger partial charge in [-0.2, -0.15) is 0 Å². The van der Waals surface area contributed by atoms with Crippen LogP contribution in [0.15, 0.2) is 17.1 Å². The van der Waals surface area contributed by atoms with E-state index < -0.39 is 28.8 Å². The van der Waals surface area contributed by atoms with Gasteiger partial charge in [0.2, 0.25) is 11.3 Å². The molecule has 4 N–H and O–H groups in total. The molecule has 0 radical (unpaired) electrons. The molecule has 2 fully saturated rings. The predicted octanol–water partition coefficient (Wildman–Crippen LogP) is 0.611. The van der Waals surface area contributed by atoms with Crippen molar-refractivity contribution in [2.24, 2.45) is 5.73 Å². The smallest absolute Gasteiger partial charge is 0.341 e. The van der Waals surface area contributed by atoms with Gasteiger partial charge in [-0.05, 0) is 32.3 Å². The zero-order valence-corrected chi connectivity index (χ0v) is 15.9. The molecule has 1 aliphatic carbocycles. The van der Waals surface area contributed by atoms with E-state index in [1.165, 1.54) is 6.20 Å². The molecule has 1 saturated carbocycles. The van der Waals surface area contributed by atoms with Gasteiger partial charge in [0.05, 0.1) is 11.4 Å². The molecule has 0 unspecified atom stereocenters. The number of carboxylic acid groups (broad SMARTS) is 1. The van der Waals surface area contributed by atoms with Crippen LogP contribution in [0.2, 0.25) is 0 Å². The molecule has 2 aliphatic rings. The predicted molar refractivity (Wildman–Crippen MR) is 104 cm³/mol. The molecule has 10 heteroatoms. The van der Waals surface area contributed by atoms with E-state index in [0.29, 0.717) is 19.5 Å². The molecule has 9 nitrogen and oxygen atoms in total. The number of carbonyl (C=O) groups is 2. The van der Waals surface area contributed by atoms with Crippen molar-refractivity contribution in [1.29, 1.82) is 0 Å². The van der Waals surface area contributed by atoms with Gasteiger partial charge >= 0.3 is 5.97 Å². The van der Waals surface area contributed by atoms with Crippen molar-refractivity contribution in [3.05, 3.63) is 33.9 Å². The summed E-state index contributed by atoms with van der Waals surface area (Å²) in [5, 5.41) is 12.1. The maximum atomic E-state index is 14.8. The van der Waals surface area contributed by atoms with E-state index in [1.54, 1.807) is 16.4 Å². The molecule has 4 rings (SSSR count). The van der Waals surface area contributed by atoms with E-state index in [2.05, 4.69) is 10.3 Å². The number of nitrogens with zero attached hydrogens (tertiary/aromatic N) is 3. The van der Waals surface area contributed by atoms with Crippen LogP contribution < -0.4 is 21.4 Å². The van der Waals surface area contributed by atoms with Crippen molar-refractivity contribution in [2.75, 3.05) is 18.0 Å². The summed E-state index contributed by atoms with van der Waals surface area (Å²) in [6.45, 7) is 2.45. The van der Waals surface area contributed by atoms with Gasteiger partial charge in [0.15, 0.2) is 11.6 Å². The summed E-state index contributed by atoms with van der Waals surface area (Å²) in [6.07, 6.45) is 3.61. The van der Waals surface area contributed by atoms with Crippen LogP contribution in [-0.2, 0) is 4.79 Å². The molecular formula is C19H22FN5O4.